The molecule has 2 aromatic carbocycles. The quantitative estimate of drug-likeness (QED) is 0.189. The van der Waals surface area contributed by atoms with Gasteiger partial charge in [0.25, 0.3) is 0 Å². The van der Waals surface area contributed by atoms with Crippen LogP contribution in [0.5, 0.6) is 5.75 Å². The first-order chi connectivity index (χ1) is 23.0. The topological polar surface area (TPSA) is 124 Å². The van der Waals surface area contributed by atoms with Crippen LogP contribution >= 0.6 is 0 Å². The van der Waals surface area contributed by atoms with Gasteiger partial charge in [0.2, 0.25) is 0 Å². The number of nitrogens with one attached hydrogen (secondary N) is 1. The highest BCUT2D eigenvalue weighted by molar-refractivity contribution is 5.77. The molecule has 1 aliphatic carbocycles. The Balaban J connectivity index is 1.61. The third-order valence-electron chi connectivity index (χ3n) is 8.37. The maximum absolute atomic E-state index is 14.8. The van der Waals surface area contributed by atoms with Gasteiger partial charge in [-0.3, -0.25) is 4.90 Å². The molecule has 3 unspecified atom stereocenters. The number of likely N-dealkylation sites (tertiary alicyclic amines) is 1. The fourth-order valence-electron chi connectivity index (χ4n) is 6.23. The number of alkyl carbamates (subject to hydrolysis) is 1. The van der Waals surface area contributed by atoms with Crippen LogP contribution in [-0.4, -0.2) is 77.3 Å². The van der Waals surface area contributed by atoms with Crippen LogP contribution in [-0.2, 0) is 25.4 Å². The van der Waals surface area contributed by atoms with Crippen LogP contribution in [0.4, 0.5) is 27.2 Å². The molecule has 10 nitrogen and oxygen atoms in total. The molecule has 0 aromatic heterocycles. The van der Waals surface area contributed by atoms with E-state index in [1.165, 1.54) is 11.8 Å². The van der Waals surface area contributed by atoms with Gasteiger partial charge in [-0.15, -0.1) is 0 Å². The summed E-state index contributed by atoms with van der Waals surface area (Å²) in [5.74, 6) is -5.47. The first-order valence-electron chi connectivity index (χ1n) is 16.1. The summed E-state index contributed by atoms with van der Waals surface area (Å²) in [4.78, 5) is 38.7. The highest BCUT2D eigenvalue weighted by Crippen LogP contribution is 2.40. The molecule has 0 spiro atoms. The molecule has 2 aliphatic rings. The number of carboxylic acid groups (broad SMARTS) is 1. The van der Waals surface area contributed by atoms with Crippen LogP contribution in [0, 0.1) is 11.6 Å². The normalized spacial score (nSPS) is 21.4. The van der Waals surface area contributed by atoms with E-state index in [-0.39, 0.29) is 51.0 Å². The highest BCUT2D eigenvalue weighted by Gasteiger charge is 2.51. The van der Waals surface area contributed by atoms with Crippen molar-refractivity contribution in [2.75, 3.05) is 19.8 Å². The zero-order valence-corrected chi connectivity index (χ0v) is 27.9. The molecule has 268 valence electrons. The molecule has 2 aromatic rings. The van der Waals surface area contributed by atoms with Gasteiger partial charge in [-0.1, -0.05) is 36.4 Å². The fraction of sp³-hybridized carbons (Fsp3) is 0.514. The van der Waals surface area contributed by atoms with E-state index in [0.717, 1.165) is 11.6 Å². The zero-order valence-electron chi connectivity index (χ0n) is 27.9. The van der Waals surface area contributed by atoms with Crippen molar-refractivity contribution in [1.82, 2.24) is 10.2 Å². The van der Waals surface area contributed by atoms with Gasteiger partial charge < -0.3 is 29.4 Å². The summed E-state index contributed by atoms with van der Waals surface area (Å²) < 4.78 is 78.7. The number of esters is 1. The number of ether oxygens (including phenoxy) is 4. The number of nitrogens with zero attached hydrogens (tertiary/aromatic N) is 1. The largest absolute Gasteiger partial charge is 0.502 e. The first kappa shape index (κ1) is 37.5. The molecule has 1 saturated heterocycles. The Labute approximate surface area is 282 Å². The van der Waals surface area contributed by atoms with Crippen molar-refractivity contribution in [2.24, 2.45) is 0 Å². The fourth-order valence-corrected chi connectivity index (χ4v) is 6.23. The molecule has 2 N–H and O–H groups in total. The minimum Gasteiger partial charge on any atom is -0.465 e. The SMILES string of the molecule is CCOC(=O)C(F)(F)Oc1c(F)cc(F)cc1C1=CCC(OCC2(Cc3ccccc3)C(NC(=O)OC(C)(C)C)CCCN2C(=O)O)CC1. The summed E-state index contributed by atoms with van der Waals surface area (Å²) in [6.07, 6.45) is -3.58. The van der Waals surface area contributed by atoms with E-state index >= 15 is 0 Å². The Morgan fingerprint density at radius 2 is 1.80 bits per heavy atom. The summed E-state index contributed by atoms with van der Waals surface area (Å²) in [6, 6.07) is 9.76. The second-order valence-electron chi connectivity index (χ2n) is 13.1. The van der Waals surface area contributed by atoms with E-state index in [0.29, 0.717) is 24.5 Å². The predicted molar refractivity (Wildman–Crippen MR) is 170 cm³/mol. The van der Waals surface area contributed by atoms with Crippen LogP contribution in [0.3, 0.4) is 0 Å². The van der Waals surface area contributed by atoms with Crippen LogP contribution in [0.1, 0.15) is 70.9 Å². The lowest BCUT2D eigenvalue weighted by molar-refractivity contribution is -0.217. The number of alkyl halides is 2. The van der Waals surface area contributed by atoms with Gasteiger partial charge in [-0.25, -0.2) is 23.2 Å². The third kappa shape index (κ3) is 9.43. The third-order valence-corrected chi connectivity index (χ3v) is 8.37. The zero-order chi connectivity index (χ0) is 36.0. The summed E-state index contributed by atoms with van der Waals surface area (Å²) >= 11 is 0. The Morgan fingerprint density at radius 1 is 1.08 bits per heavy atom. The number of halogens is 4. The van der Waals surface area contributed by atoms with E-state index in [2.05, 4.69) is 14.8 Å². The molecule has 14 heteroatoms. The minimum atomic E-state index is -4.53. The number of piperidine rings is 1. The molecule has 0 bridgehead atoms. The van der Waals surface area contributed by atoms with Crippen molar-refractivity contribution in [3.05, 3.63) is 71.3 Å². The van der Waals surface area contributed by atoms with Crippen molar-refractivity contribution in [2.45, 2.75) is 95.6 Å². The number of hydrogen-bond acceptors (Lipinski definition) is 7. The van der Waals surface area contributed by atoms with Gasteiger partial charge in [0.05, 0.1) is 30.9 Å². The number of carbonyl (C=O) groups is 3. The highest BCUT2D eigenvalue weighted by atomic mass is 19.3. The summed E-state index contributed by atoms with van der Waals surface area (Å²) in [6.45, 7) is 6.22. The van der Waals surface area contributed by atoms with Crippen LogP contribution in [0.25, 0.3) is 5.57 Å². The van der Waals surface area contributed by atoms with Gasteiger partial charge >= 0.3 is 24.3 Å². The van der Waals surface area contributed by atoms with Gasteiger partial charge in [0.1, 0.15) is 11.4 Å². The molecular weight excluding hydrogens is 652 g/mol. The second-order valence-corrected chi connectivity index (χ2v) is 13.1. The maximum Gasteiger partial charge on any atom is 0.502 e. The Bertz CT molecular complexity index is 1530. The lowest BCUT2D eigenvalue weighted by atomic mass is 9.77. The molecule has 4 rings (SSSR count). The van der Waals surface area contributed by atoms with Crippen molar-refractivity contribution in [1.29, 1.82) is 0 Å². The molecule has 3 atom stereocenters. The summed E-state index contributed by atoms with van der Waals surface area (Å²) in [5, 5.41) is 13.3. The number of benzene rings is 2. The van der Waals surface area contributed by atoms with E-state index in [9.17, 15) is 37.1 Å². The summed E-state index contributed by atoms with van der Waals surface area (Å²) in [7, 11) is 0. The number of rotatable bonds is 11. The Hall–Kier alpha value is -4.33. The molecule has 2 amide bonds. The van der Waals surface area contributed by atoms with E-state index in [1.54, 1.807) is 26.8 Å². The van der Waals surface area contributed by atoms with Crippen molar-refractivity contribution >= 4 is 23.7 Å². The maximum atomic E-state index is 14.8. The van der Waals surface area contributed by atoms with Gasteiger partial charge in [0.15, 0.2) is 11.6 Å². The van der Waals surface area contributed by atoms with Crippen molar-refractivity contribution < 1.29 is 56.0 Å². The number of hydrogen-bond donors (Lipinski definition) is 2. The molecule has 1 fully saturated rings. The molecule has 0 saturated carbocycles. The summed E-state index contributed by atoms with van der Waals surface area (Å²) in [5.41, 5.74) is -1.20. The minimum absolute atomic E-state index is 0.114. The van der Waals surface area contributed by atoms with Crippen molar-refractivity contribution in [3.8, 4) is 5.75 Å². The van der Waals surface area contributed by atoms with Crippen LogP contribution in [0.2, 0.25) is 0 Å². The average molecular weight is 695 g/mol. The van der Waals surface area contributed by atoms with Gasteiger partial charge in [-0.05, 0) is 77.0 Å². The second kappa shape index (κ2) is 15.5. The standard InChI is InChI=1S/C35H42F4N2O8/c1-5-46-30(42)35(38,39)48-29-26(18-24(36)19-27(29)37)23-13-15-25(16-14-23)47-21-34(20-22-10-7-6-8-11-22)28(12-9-17-41(34)32(44)45)40-31(43)49-33(2,3)4/h6-8,10-11,13,18-19,25,28H,5,9,12,14-17,20-21H2,1-4H3,(H,40,43)(H,44,45). The number of carbonyl (C=O) groups excluding carboxylic acids is 2. The van der Waals surface area contributed by atoms with Crippen LogP contribution in [0.15, 0.2) is 48.5 Å². The number of amides is 2. The molecule has 49 heavy (non-hydrogen) atoms. The molecule has 0 radical (unpaired) electrons. The predicted octanol–water partition coefficient (Wildman–Crippen LogP) is 7.10. The average Bonchev–Trinajstić information content (AvgIpc) is 3.02. The lowest BCUT2D eigenvalue weighted by Crippen LogP contribution is -2.70. The van der Waals surface area contributed by atoms with Crippen molar-refractivity contribution in [3.63, 3.8) is 0 Å². The molecule has 1 heterocycles. The van der Waals surface area contributed by atoms with E-state index in [1.807, 2.05) is 30.3 Å². The Morgan fingerprint density at radius 3 is 2.41 bits per heavy atom. The molecule has 1 aliphatic heterocycles. The molecular formula is C35H42F4N2O8. The Kier molecular flexibility index (Phi) is 11.8. The lowest BCUT2D eigenvalue weighted by Gasteiger charge is -2.51. The van der Waals surface area contributed by atoms with Crippen LogP contribution < -0.4 is 10.1 Å². The first-order valence-corrected chi connectivity index (χ1v) is 16.1. The number of allylic oxidation sites excluding steroid dienone is 1. The monoisotopic (exact) mass is 694 g/mol. The van der Waals surface area contributed by atoms with Gasteiger partial charge in [0, 0.05) is 24.6 Å². The van der Waals surface area contributed by atoms with Gasteiger partial charge in [-0.2, -0.15) is 8.78 Å². The van der Waals surface area contributed by atoms with E-state index in [4.69, 9.17) is 9.47 Å². The smallest absolute Gasteiger partial charge is 0.465 e. The van der Waals surface area contributed by atoms with E-state index < -0.39 is 64.9 Å².